The highest BCUT2D eigenvalue weighted by atomic mass is 32.1. The summed E-state index contributed by atoms with van der Waals surface area (Å²) in [5, 5.41) is 5.23. The number of thiophene rings is 1. The summed E-state index contributed by atoms with van der Waals surface area (Å²) in [5.74, 6) is -1.34. The second-order valence-corrected chi connectivity index (χ2v) is 6.30. The number of aromatic nitrogens is 2. The van der Waals surface area contributed by atoms with Gasteiger partial charge in [0.2, 0.25) is 0 Å². The molecule has 3 aromatic rings. The molecule has 4 rings (SSSR count). The normalized spacial score (nSPS) is 17.2. The Morgan fingerprint density at radius 2 is 2.09 bits per heavy atom. The van der Waals surface area contributed by atoms with Gasteiger partial charge in [0.05, 0.1) is 23.8 Å². The van der Waals surface area contributed by atoms with E-state index in [9.17, 15) is 8.78 Å². The largest absolute Gasteiger partial charge is 0.371 e. The van der Waals surface area contributed by atoms with E-state index in [0.717, 1.165) is 18.6 Å². The van der Waals surface area contributed by atoms with Crippen molar-refractivity contribution in [2.45, 2.75) is 12.5 Å². The Morgan fingerprint density at radius 1 is 1.26 bits per heavy atom. The molecule has 0 saturated carbocycles. The van der Waals surface area contributed by atoms with Crippen molar-refractivity contribution >= 4 is 28.2 Å². The van der Waals surface area contributed by atoms with E-state index in [-0.39, 0.29) is 6.10 Å². The minimum absolute atomic E-state index is 0.0348. The monoisotopic (exact) mass is 333 g/mol. The van der Waals surface area contributed by atoms with Gasteiger partial charge in [0.25, 0.3) is 0 Å². The predicted octanol–water partition coefficient (Wildman–Crippen LogP) is 3.70. The molecule has 0 fully saturated rings. The van der Waals surface area contributed by atoms with Gasteiger partial charge in [-0.3, -0.25) is 4.98 Å². The molecule has 0 radical (unpaired) electrons. The van der Waals surface area contributed by atoms with E-state index >= 15 is 0 Å². The molecule has 1 N–H and O–H groups in total. The third-order valence-electron chi connectivity index (χ3n) is 3.83. The maximum absolute atomic E-state index is 13.3. The highest BCUT2D eigenvalue weighted by Gasteiger charge is 2.21. The minimum Gasteiger partial charge on any atom is -0.371 e. The smallest absolute Gasteiger partial charge is 0.161 e. The van der Waals surface area contributed by atoms with Crippen LogP contribution in [-0.2, 0) is 11.2 Å². The van der Waals surface area contributed by atoms with Crippen molar-refractivity contribution in [3.8, 4) is 0 Å². The van der Waals surface area contributed by atoms with Crippen LogP contribution in [0.1, 0.15) is 16.5 Å². The molecule has 2 aromatic heterocycles. The molecular weight excluding hydrogens is 320 g/mol. The third-order valence-corrected chi connectivity index (χ3v) is 4.82. The molecule has 3 heterocycles. The molecule has 118 valence electrons. The third kappa shape index (κ3) is 2.77. The van der Waals surface area contributed by atoms with E-state index < -0.39 is 11.6 Å². The number of fused-ring (bicyclic) bond motifs is 2. The van der Waals surface area contributed by atoms with E-state index in [2.05, 4.69) is 26.7 Å². The molecule has 0 spiro atoms. The number of rotatable bonds is 3. The molecule has 0 bridgehead atoms. The summed E-state index contributed by atoms with van der Waals surface area (Å²) in [5.41, 5.74) is 1.84. The molecule has 1 unspecified atom stereocenters. The number of ether oxygens (including phenoxy) is 1. The van der Waals surface area contributed by atoms with Gasteiger partial charge in [-0.1, -0.05) is 0 Å². The molecule has 0 saturated heterocycles. The molecule has 4 nitrogen and oxygen atoms in total. The van der Waals surface area contributed by atoms with Gasteiger partial charge in [-0.2, -0.15) is 0 Å². The van der Waals surface area contributed by atoms with Crippen molar-refractivity contribution in [3.63, 3.8) is 0 Å². The first kappa shape index (κ1) is 14.5. The van der Waals surface area contributed by atoms with E-state index in [4.69, 9.17) is 4.74 Å². The fourth-order valence-electron chi connectivity index (χ4n) is 2.68. The Balaban J connectivity index is 1.54. The molecule has 1 aliphatic heterocycles. The first-order valence-corrected chi connectivity index (χ1v) is 8.12. The van der Waals surface area contributed by atoms with E-state index in [1.165, 1.54) is 16.6 Å². The Kier molecular flexibility index (Phi) is 3.66. The standard InChI is InChI=1S/C16H13F2N3OS/c17-10-5-12-13(6-11(10)18)21-16(8-19-12)20-7-14-9-2-4-23-15(9)1-3-22-14/h2,4-6,8,14H,1,3,7H2,(H,20,21). The first-order valence-electron chi connectivity index (χ1n) is 7.24. The van der Waals surface area contributed by atoms with E-state index in [0.29, 0.717) is 30.0 Å². The zero-order valence-corrected chi connectivity index (χ0v) is 12.9. The molecule has 0 amide bonds. The van der Waals surface area contributed by atoms with Crippen molar-refractivity contribution in [2.75, 3.05) is 18.5 Å². The van der Waals surface area contributed by atoms with Crippen LogP contribution in [-0.4, -0.2) is 23.1 Å². The topological polar surface area (TPSA) is 47.0 Å². The van der Waals surface area contributed by atoms with Gasteiger partial charge in [0.1, 0.15) is 11.9 Å². The first-order chi connectivity index (χ1) is 11.2. The number of hydrogen-bond acceptors (Lipinski definition) is 5. The van der Waals surface area contributed by atoms with Gasteiger partial charge in [-0.25, -0.2) is 13.8 Å². The van der Waals surface area contributed by atoms with Crippen molar-refractivity contribution in [3.05, 3.63) is 51.9 Å². The highest BCUT2D eigenvalue weighted by Crippen LogP contribution is 2.31. The fourth-order valence-corrected chi connectivity index (χ4v) is 3.60. The minimum atomic E-state index is -0.928. The van der Waals surface area contributed by atoms with Crippen LogP contribution < -0.4 is 5.32 Å². The van der Waals surface area contributed by atoms with Crippen molar-refractivity contribution in [2.24, 2.45) is 0 Å². The summed E-state index contributed by atoms with van der Waals surface area (Å²) >= 11 is 1.74. The second kappa shape index (κ2) is 5.82. The average Bonchev–Trinajstić information content (AvgIpc) is 3.03. The second-order valence-electron chi connectivity index (χ2n) is 5.30. The van der Waals surface area contributed by atoms with Gasteiger partial charge in [0, 0.05) is 30.0 Å². The lowest BCUT2D eigenvalue weighted by molar-refractivity contribution is 0.0526. The molecule has 1 aliphatic rings. The predicted molar refractivity (Wildman–Crippen MR) is 84.7 cm³/mol. The summed E-state index contributed by atoms with van der Waals surface area (Å²) < 4.78 is 32.3. The Morgan fingerprint density at radius 3 is 2.96 bits per heavy atom. The average molecular weight is 333 g/mol. The Bertz CT molecular complexity index is 868. The van der Waals surface area contributed by atoms with Gasteiger partial charge in [-0.15, -0.1) is 11.3 Å². The van der Waals surface area contributed by atoms with E-state index in [1.807, 2.05) is 0 Å². The summed E-state index contributed by atoms with van der Waals surface area (Å²) in [4.78, 5) is 9.73. The zero-order chi connectivity index (χ0) is 15.8. The van der Waals surface area contributed by atoms with Gasteiger partial charge in [0.15, 0.2) is 11.6 Å². The lowest BCUT2D eigenvalue weighted by Gasteiger charge is -2.23. The summed E-state index contributed by atoms with van der Waals surface area (Å²) in [6, 6.07) is 4.18. The summed E-state index contributed by atoms with van der Waals surface area (Å²) in [7, 11) is 0. The molecule has 7 heteroatoms. The van der Waals surface area contributed by atoms with Crippen molar-refractivity contribution in [1.82, 2.24) is 9.97 Å². The number of hydrogen-bond donors (Lipinski definition) is 1. The lowest BCUT2D eigenvalue weighted by Crippen LogP contribution is -2.21. The molecule has 0 aliphatic carbocycles. The molecule has 1 atom stereocenters. The van der Waals surface area contributed by atoms with Crippen LogP contribution in [0.2, 0.25) is 0 Å². The van der Waals surface area contributed by atoms with Gasteiger partial charge in [-0.05, 0) is 17.0 Å². The van der Waals surface area contributed by atoms with Crippen LogP contribution in [0, 0.1) is 11.6 Å². The summed E-state index contributed by atoms with van der Waals surface area (Å²) in [6.07, 6.45) is 2.42. The lowest BCUT2D eigenvalue weighted by atomic mass is 10.1. The number of nitrogens with one attached hydrogen (secondary N) is 1. The molecule has 1 aromatic carbocycles. The molecular formula is C16H13F2N3OS. The fraction of sp³-hybridized carbons (Fsp3) is 0.250. The van der Waals surface area contributed by atoms with Crippen LogP contribution in [0.5, 0.6) is 0 Å². The van der Waals surface area contributed by atoms with Crippen molar-refractivity contribution < 1.29 is 13.5 Å². The molecule has 23 heavy (non-hydrogen) atoms. The van der Waals surface area contributed by atoms with E-state index in [1.54, 1.807) is 11.3 Å². The SMILES string of the molecule is Fc1cc2ncc(NCC3OCCc4sccc43)nc2cc1F. The maximum Gasteiger partial charge on any atom is 0.161 e. The zero-order valence-electron chi connectivity index (χ0n) is 12.1. The van der Waals surface area contributed by atoms with Crippen LogP contribution in [0.25, 0.3) is 11.0 Å². The summed E-state index contributed by atoms with van der Waals surface area (Å²) in [6.45, 7) is 1.25. The van der Waals surface area contributed by atoms with Gasteiger partial charge < -0.3 is 10.1 Å². The van der Waals surface area contributed by atoms with Crippen LogP contribution in [0.4, 0.5) is 14.6 Å². The maximum atomic E-state index is 13.3. The Hall–Kier alpha value is -2.12. The van der Waals surface area contributed by atoms with Gasteiger partial charge >= 0.3 is 0 Å². The Labute approximate surface area is 135 Å². The van der Waals surface area contributed by atoms with Crippen LogP contribution in [0.3, 0.4) is 0 Å². The highest BCUT2D eigenvalue weighted by molar-refractivity contribution is 7.10. The number of halogens is 2. The van der Waals surface area contributed by atoms with Crippen LogP contribution in [0.15, 0.2) is 29.8 Å². The van der Waals surface area contributed by atoms with Crippen molar-refractivity contribution in [1.29, 1.82) is 0 Å². The number of benzene rings is 1. The van der Waals surface area contributed by atoms with Crippen LogP contribution >= 0.6 is 11.3 Å². The number of anilines is 1. The quantitative estimate of drug-likeness (QED) is 0.794. The number of nitrogens with zero attached hydrogens (tertiary/aromatic N) is 2.